The summed E-state index contributed by atoms with van der Waals surface area (Å²) in [5.74, 6) is 0.00583. The lowest BCUT2D eigenvalue weighted by Crippen LogP contribution is -2.28. The van der Waals surface area contributed by atoms with Gasteiger partial charge in [0.1, 0.15) is 0 Å². The van der Waals surface area contributed by atoms with Gasteiger partial charge in [-0.1, -0.05) is 18.2 Å². The number of hydrogen-bond donors (Lipinski definition) is 1. The summed E-state index contributed by atoms with van der Waals surface area (Å²) < 4.78 is 5.10. The van der Waals surface area contributed by atoms with E-state index in [1.807, 2.05) is 13.0 Å². The van der Waals surface area contributed by atoms with E-state index in [0.29, 0.717) is 26.2 Å². The van der Waals surface area contributed by atoms with Crippen LogP contribution in [0.15, 0.2) is 23.8 Å². The zero-order valence-electron chi connectivity index (χ0n) is 7.93. The van der Waals surface area contributed by atoms with Gasteiger partial charge in [0.05, 0.1) is 13.2 Å². The first kappa shape index (κ1) is 9.99. The molecule has 0 radical (unpaired) electrons. The van der Waals surface area contributed by atoms with Crippen molar-refractivity contribution in [2.45, 2.75) is 13.3 Å². The summed E-state index contributed by atoms with van der Waals surface area (Å²) in [5, 5.41) is 2.79. The van der Waals surface area contributed by atoms with E-state index in [1.54, 1.807) is 0 Å². The van der Waals surface area contributed by atoms with Gasteiger partial charge in [-0.2, -0.15) is 0 Å². The lowest BCUT2D eigenvalue weighted by molar-refractivity contribution is -0.117. The minimum absolute atomic E-state index is 0.00583. The van der Waals surface area contributed by atoms with Crippen molar-refractivity contribution in [2.24, 2.45) is 0 Å². The van der Waals surface area contributed by atoms with Gasteiger partial charge >= 0.3 is 0 Å². The molecule has 13 heavy (non-hydrogen) atoms. The fourth-order valence-corrected chi connectivity index (χ4v) is 1.08. The van der Waals surface area contributed by atoms with Gasteiger partial charge in [-0.25, -0.2) is 0 Å². The molecule has 0 aliphatic carbocycles. The van der Waals surface area contributed by atoms with Crippen LogP contribution in [0.3, 0.4) is 0 Å². The number of ether oxygens (including phenoxy) is 1. The second-order valence-corrected chi connectivity index (χ2v) is 3.19. The average molecular weight is 181 g/mol. The van der Waals surface area contributed by atoms with Crippen LogP contribution < -0.4 is 5.32 Å². The van der Waals surface area contributed by atoms with E-state index >= 15 is 0 Å². The Balaban J connectivity index is 2.38. The molecule has 0 saturated carbocycles. The van der Waals surface area contributed by atoms with Crippen molar-refractivity contribution in [3.05, 3.63) is 23.8 Å². The molecular weight excluding hydrogens is 166 g/mol. The molecule has 1 aliphatic heterocycles. The quantitative estimate of drug-likeness (QED) is 0.660. The zero-order valence-corrected chi connectivity index (χ0v) is 7.93. The lowest BCUT2D eigenvalue weighted by Gasteiger charge is -2.13. The Kier molecular flexibility index (Phi) is 3.71. The third kappa shape index (κ3) is 3.42. The lowest BCUT2D eigenvalue weighted by atomic mass is 10.1. The molecule has 0 saturated heterocycles. The highest BCUT2D eigenvalue weighted by molar-refractivity contribution is 5.93. The van der Waals surface area contributed by atoms with Crippen LogP contribution in [0.2, 0.25) is 0 Å². The first-order valence-corrected chi connectivity index (χ1v) is 4.39. The van der Waals surface area contributed by atoms with Crippen molar-refractivity contribution < 1.29 is 9.53 Å². The van der Waals surface area contributed by atoms with Gasteiger partial charge in [-0.3, -0.25) is 4.79 Å². The van der Waals surface area contributed by atoms with Crippen LogP contribution in [0.1, 0.15) is 13.3 Å². The van der Waals surface area contributed by atoms with E-state index < -0.39 is 0 Å². The second-order valence-electron chi connectivity index (χ2n) is 3.19. The predicted molar refractivity (Wildman–Crippen MR) is 51.3 cm³/mol. The first-order chi connectivity index (χ1) is 6.20. The van der Waals surface area contributed by atoms with Crippen LogP contribution in [-0.4, -0.2) is 25.7 Å². The van der Waals surface area contributed by atoms with Crippen LogP contribution in [0.25, 0.3) is 0 Å². The summed E-state index contributed by atoms with van der Waals surface area (Å²) >= 11 is 0. The summed E-state index contributed by atoms with van der Waals surface area (Å²) in [5.41, 5.74) is 1.79. The molecule has 1 rings (SSSR count). The minimum atomic E-state index is 0.00583. The van der Waals surface area contributed by atoms with Crippen molar-refractivity contribution >= 4 is 5.91 Å². The largest absolute Gasteiger partial charge is 0.377 e. The standard InChI is InChI=1S/C10H15NO2/c1-8(2)7-11-10(12)9-3-5-13-6-4-9/h3H,1,4-7H2,2H3,(H,11,12). The Morgan fingerprint density at radius 1 is 1.77 bits per heavy atom. The highest BCUT2D eigenvalue weighted by atomic mass is 16.5. The van der Waals surface area contributed by atoms with Crippen LogP contribution >= 0.6 is 0 Å². The van der Waals surface area contributed by atoms with E-state index in [4.69, 9.17) is 4.74 Å². The van der Waals surface area contributed by atoms with Gasteiger partial charge in [-0.05, 0) is 6.92 Å². The van der Waals surface area contributed by atoms with Gasteiger partial charge in [0.15, 0.2) is 0 Å². The van der Waals surface area contributed by atoms with E-state index in [1.165, 1.54) is 0 Å². The predicted octanol–water partition coefficient (Wildman–Crippen LogP) is 1.03. The van der Waals surface area contributed by atoms with E-state index in [-0.39, 0.29) is 5.91 Å². The minimum Gasteiger partial charge on any atom is -0.377 e. The average Bonchev–Trinajstić information content (AvgIpc) is 2.15. The zero-order chi connectivity index (χ0) is 9.68. The SMILES string of the molecule is C=C(C)CNC(=O)C1=CCOCC1. The number of hydrogen-bond acceptors (Lipinski definition) is 2. The number of amides is 1. The molecular formula is C10H15NO2. The molecule has 0 bridgehead atoms. The molecule has 1 amide bonds. The van der Waals surface area contributed by atoms with Crippen molar-refractivity contribution in [2.75, 3.05) is 19.8 Å². The van der Waals surface area contributed by atoms with Gasteiger partial charge in [0.25, 0.3) is 0 Å². The molecule has 0 aromatic rings. The maximum atomic E-state index is 11.4. The summed E-state index contributed by atoms with van der Waals surface area (Å²) in [6.45, 7) is 7.35. The number of rotatable bonds is 3. The van der Waals surface area contributed by atoms with Crippen molar-refractivity contribution in [3.8, 4) is 0 Å². The van der Waals surface area contributed by atoms with Gasteiger partial charge in [-0.15, -0.1) is 0 Å². The van der Waals surface area contributed by atoms with Crippen molar-refractivity contribution in [1.29, 1.82) is 0 Å². The molecule has 0 atom stereocenters. The molecule has 3 heteroatoms. The Morgan fingerprint density at radius 2 is 2.54 bits per heavy atom. The summed E-state index contributed by atoms with van der Waals surface area (Å²) in [7, 11) is 0. The molecule has 0 spiro atoms. The molecule has 72 valence electrons. The molecule has 0 fully saturated rings. The smallest absolute Gasteiger partial charge is 0.247 e. The summed E-state index contributed by atoms with van der Waals surface area (Å²) in [6.07, 6.45) is 2.54. The highest BCUT2D eigenvalue weighted by Gasteiger charge is 2.11. The highest BCUT2D eigenvalue weighted by Crippen LogP contribution is 2.07. The van der Waals surface area contributed by atoms with Crippen molar-refractivity contribution in [3.63, 3.8) is 0 Å². The fraction of sp³-hybridized carbons (Fsp3) is 0.500. The van der Waals surface area contributed by atoms with Crippen LogP contribution in [0.5, 0.6) is 0 Å². The van der Waals surface area contributed by atoms with Crippen LogP contribution in [0.4, 0.5) is 0 Å². The number of carbonyl (C=O) groups is 1. The van der Waals surface area contributed by atoms with Crippen LogP contribution in [-0.2, 0) is 9.53 Å². The first-order valence-electron chi connectivity index (χ1n) is 4.39. The molecule has 0 aromatic carbocycles. The number of carbonyl (C=O) groups excluding carboxylic acids is 1. The van der Waals surface area contributed by atoms with E-state index in [2.05, 4.69) is 11.9 Å². The molecule has 1 N–H and O–H groups in total. The Labute approximate surface area is 78.5 Å². The maximum absolute atomic E-state index is 11.4. The third-order valence-corrected chi connectivity index (χ3v) is 1.81. The molecule has 1 heterocycles. The third-order valence-electron chi connectivity index (χ3n) is 1.81. The fourth-order valence-electron chi connectivity index (χ4n) is 1.08. The normalized spacial score (nSPS) is 16.2. The summed E-state index contributed by atoms with van der Waals surface area (Å²) in [6, 6.07) is 0. The molecule has 0 aromatic heterocycles. The van der Waals surface area contributed by atoms with E-state index in [9.17, 15) is 4.79 Å². The monoisotopic (exact) mass is 181 g/mol. The van der Waals surface area contributed by atoms with Crippen LogP contribution in [0, 0.1) is 0 Å². The van der Waals surface area contributed by atoms with Gasteiger partial charge in [0, 0.05) is 18.5 Å². The molecule has 3 nitrogen and oxygen atoms in total. The van der Waals surface area contributed by atoms with E-state index in [0.717, 1.165) is 11.1 Å². The van der Waals surface area contributed by atoms with Gasteiger partial charge < -0.3 is 10.1 Å². The molecule has 0 unspecified atom stereocenters. The Hall–Kier alpha value is -1.09. The topological polar surface area (TPSA) is 38.3 Å². The summed E-state index contributed by atoms with van der Waals surface area (Å²) in [4.78, 5) is 11.4. The second kappa shape index (κ2) is 4.82. The number of nitrogens with one attached hydrogen (secondary N) is 1. The van der Waals surface area contributed by atoms with Gasteiger partial charge in [0.2, 0.25) is 5.91 Å². The molecule has 1 aliphatic rings. The Bertz CT molecular complexity index is 243. The van der Waals surface area contributed by atoms with Crippen molar-refractivity contribution in [1.82, 2.24) is 5.32 Å². The maximum Gasteiger partial charge on any atom is 0.247 e. The Morgan fingerprint density at radius 3 is 3.08 bits per heavy atom.